The Morgan fingerprint density at radius 1 is 0.458 bits per heavy atom. The third-order valence-corrected chi connectivity index (χ3v) is 7.11. The van der Waals surface area contributed by atoms with Gasteiger partial charge in [0.2, 0.25) is 0 Å². The van der Waals surface area contributed by atoms with Gasteiger partial charge in [0.25, 0.3) is 0 Å². The van der Waals surface area contributed by atoms with Crippen LogP contribution < -0.4 is 0 Å². The van der Waals surface area contributed by atoms with Crippen molar-refractivity contribution in [3.8, 4) is 0 Å². The zero-order valence-corrected chi connectivity index (χ0v) is 31.6. The van der Waals surface area contributed by atoms with Gasteiger partial charge in [-0.05, 0) is 83.9 Å². The Balaban J connectivity index is 0.000000299. The van der Waals surface area contributed by atoms with Gasteiger partial charge in [-0.2, -0.15) is 0 Å². The van der Waals surface area contributed by atoms with Gasteiger partial charge in [-0.3, -0.25) is 0 Å². The highest BCUT2D eigenvalue weighted by Crippen LogP contribution is 2.17. The Morgan fingerprint density at radius 2 is 0.958 bits per heavy atom. The van der Waals surface area contributed by atoms with Crippen molar-refractivity contribution in [3.05, 3.63) is 145 Å². The SMILES string of the molecule is CC.CC.CC.CC.Cc1cc2ccccc2[nH]1.Cc1cc2ccccc2n1C.Cn1ccc2ccccc21.c1ccc2[nH]ccc2c1. The highest BCUT2D eigenvalue weighted by atomic mass is 14.9. The van der Waals surface area contributed by atoms with Crippen LogP contribution in [0.3, 0.4) is 0 Å². The molecule has 256 valence electrons. The second-order valence-corrected chi connectivity index (χ2v) is 9.99. The lowest BCUT2D eigenvalue weighted by Gasteiger charge is -1.96. The van der Waals surface area contributed by atoms with E-state index in [1.807, 2.05) is 79.8 Å². The lowest BCUT2D eigenvalue weighted by atomic mass is 10.2. The van der Waals surface area contributed by atoms with Crippen molar-refractivity contribution in [1.29, 1.82) is 0 Å². The predicted molar refractivity (Wildman–Crippen MR) is 217 cm³/mol. The van der Waals surface area contributed by atoms with Gasteiger partial charge in [-0.1, -0.05) is 128 Å². The molecule has 0 unspecified atom stereocenters. The minimum absolute atomic E-state index is 1.21. The van der Waals surface area contributed by atoms with E-state index in [-0.39, 0.29) is 0 Å². The summed E-state index contributed by atoms with van der Waals surface area (Å²) in [5.74, 6) is 0. The van der Waals surface area contributed by atoms with E-state index in [1.165, 1.54) is 55.0 Å². The van der Waals surface area contributed by atoms with Crippen molar-refractivity contribution >= 4 is 43.6 Å². The second kappa shape index (κ2) is 23.4. The van der Waals surface area contributed by atoms with Crippen LogP contribution in [0.1, 0.15) is 66.8 Å². The van der Waals surface area contributed by atoms with Gasteiger partial charge in [-0.25, -0.2) is 0 Å². The Morgan fingerprint density at radius 3 is 1.52 bits per heavy atom. The minimum Gasteiger partial charge on any atom is -0.361 e. The topological polar surface area (TPSA) is 41.4 Å². The maximum atomic E-state index is 3.26. The van der Waals surface area contributed by atoms with Crippen LogP contribution in [-0.2, 0) is 14.1 Å². The molecule has 0 saturated carbocycles. The van der Waals surface area contributed by atoms with Gasteiger partial charge in [0.05, 0.1) is 0 Å². The minimum atomic E-state index is 1.21. The van der Waals surface area contributed by atoms with E-state index < -0.39 is 0 Å². The third-order valence-electron chi connectivity index (χ3n) is 7.11. The Kier molecular flexibility index (Phi) is 20.0. The molecule has 0 amide bonds. The highest BCUT2D eigenvalue weighted by Gasteiger charge is 1.98. The fourth-order valence-electron chi connectivity index (χ4n) is 4.86. The van der Waals surface area contributed by atoms with Crippen molar-refractivity contribution in [2.75, 3.05) is 0 Å². The largest absolute Gasteiger partial charge is 0.361 e. The Bertz CT molecular complexity index is 1890. The quantitative estimate of drug-likeness (QED) is 0.165. The molecule has 0 radical (unpaired) electrons. The van der Waals surface area contributed by atoms with Gasteiger partial charge in [0.1, 0.15) is 0 Å². The van der Waals surface area contributed by atoms with Crippen molar-refractivity contribution < 1.29 is 0 Å². The molecule has 4 aromatic heterocycles. The van der Waals surface area contributed by atoms with E-state index in [2.05, 4.69) is 156 Å². The van der Waals surface area contributed by atoms with E-state index in [0.717, 1.165) is 0 Å². The molecule has 0 aliphatic heterocycles. The Labute approximate surface area is 290 Å². The molecule has 4 heteroatoms. The zero-order valence-electron chi connectivity index (χ0n) is 31.6. The normalized spacial score (nSPS) is 9.25. The monoisotopic (exact) mass is 644 g/mol. The molecule has 0 aliphatic carbocycles. The number of nitrogens with zero attached hydrogens (tertiary/aromatic N) is 2. The number of benzene rings is 4. The summed E-state index contributed by atoms with van der Waals surface area (Å²) in [6, 6.07) is 41.8. The van der Waals surface area contributed by atoms with Crippen LogP contribution in [0.5, 0.6) is 0 Å². The molecule has 8 rings (SSSR count). The van der Waals surface area contributed by atoms with Crippen molar-refractivity contribution in [2.45, 2.75) is 69.2 Å². The summed E-state index contributed by atoms with van der Waals surface area (Å²) in [6.07, 6.45) is 4.02. The number of hydrogen-bond donors (Lipinski definition) is 2. The smallest absolute Gasteiger partial charge is 0.0479 e. The zero-order chi connectivity index (χ0) is 35.9. The molecule has 8 aromatic rings. The van der Waals surface area contributed by atoms with E-state index in [9.17, 15) is 0 Å². The fourth-order valence-corrected chi connectivity index (χ4v) is 4.86. The number of fused-ring (bicyclic) bond motifs is 4. The number of H-pyrrole nitrogens is 2. The Hall–Kier alpha value is -4.96. The van der Waals surface area contributed by atoms with Crippen LogP contribution in [0.2, 0.25) is 0 Å². The molecule has 0 aliphatic rings. The van der Waals surface area contributed by atoms with E-state index in [4.69, 9.17) is 0 Å². The van der Waals surface area contributed by atoms with Crippen molar-refractivity contribution in [2.24, 2.45) is 14.1 Å². The van der Waals surface area contributed by atoms with Crippen LogP contribution in [0.25, 0.3) is 43.6 Å². The standard InChI is InChI=1S/C10H11N.2C9H9N.C8H7N.4C2H6/c1-8-7-9-5-3-4-6-10(9)11(8)2;1-10-7-6-8-4-2-3-5-9(8)10;1-7-6-8-4-2-3-5-9(8)10-7;1-2-4-8-7(3-1)5-6-9-8;4*1-2/h3-7H,1-2H3;2-7H,1H3;2-6,10H,1H3;1-6,9H;4*1-2H3. The van der Waals surface area contributed by atoms with Gasteiger partial charge in [-0.15, -0.1) is 0 Å². The van der Waals surface area contributed by atoms with Gasteiger partial charge >= 0.3 is 0 Å². The molecule has 0 atom stereocenters. The molecule has 0 saturated heterocycles. The average molecular weight is 645 g/mol. The summed E-state index contributed by atoms with van der Waals surface area (Å²) in [5, 5.41) is 5.20. The van der Waals surface area contributed by atoms with E-state index >= 15 is 0 Å². The first kappa shape index (κ1) is 41.1. The number of rotatable bonds is 0. The summed E-state index contributed by atoms with van der Waals surface area (Å²) in [6.45, 7) is 20.2. The summed E-state index contributed by atoms with van der Waals surface area (Å²) >= 11 is 0. The predicted octanol–water partition coefficient (Wildman–Crippen LogP) is 13.4. The highest BCUT2D eigenvalue weighted by molar-refractivity contribution is 5.82. The first-order valence-electron chi connectivity index (χ1n) is 17.6. The third kappa shape index (κ3) is 12.0. The summed E-state index contributed by atoms with van der Waals surface area (Å²) in [7, 11) is 4.15. The lowest BCUT2D eigenvalue weighted by Crippen LogP contribution is -1.88. The lowest BCUT2D eigenvalue weighted by molar-refractivity contribution is 0.918. The maximum Gasteiger partial charge on any atom is 0.0479 e. The van der Waals surface area contributed by atoms with Crippen molar-refractivity contribution in [3.63, 3.8) is 0 Å². The van der Waals surface area contributed by atoms with Gasteiger partial charge < -0.3 is 19.1 Å². The van der Waals surface area contributed by atoms with Crippen LogP contribution in [0.4, 0.5) is 0 Å². The first-order chi connectivity index (χ1) is 23.5. The number of aromatic amines is 2. The molecule has 4 heterocycles. The molecular formula is C44H60N4. The van der Waals surface area contributed by atoms with Crippen LogP contribution >= 0.6 is 0 Å². The fraction of sp³-hybridized carbons (Fsp3) is 0.273. The van der Waals surface area contributed by atoms with Crippen molar-refractivity contribution in [1.82, 2.24) is 19.1 Å². The molecule has 0 bridgehead atoms. The second-order valence-electron chi connectivity index (χ2n) is 9.99. The molecule has 4 nitrogen and oxygen atoms in total. The maximum absolute atomic E-state index is 3.26. The number of aryl methyl sites for hydroxylation is 4. The van der Waals surface area contributed by atoms with Crippen LogP contribution in [0.15, 0.2) is 134 Å². The number of para-hydroxylation sites is 4. The number of nitrogens with one attached hydrogen (secondary N) is 2. The summed E-state index contributed by atoms with van der Waals surface area (Å²) in [4.78, 5) is 6.38. The van der Waals surface area contributed by atoms with Gasteiger partial charge in [0, 0.05) is 59.9 Å². The summed E-state index contributed by atoms with van der Waals surface area (Å²) in [5.41, 5.74) is 7.57. The summed E-state index contributed by atoms with van der Waals surface area (Å²) < 4.78 is 4.32. The average Bonchev–Trinajstić information content (AvgIpc) is 3.95. The number of hydrogen-bond acceptors (Lipinski definition) is 0. The van der Waals surface area contributed by atoms with E-state index in [1.54, 1.807) is 0 Å². The molecule has 48 heavy (non-hydrogen) atoms. The molecule has 0 spiro atoms. The van der Waals surface area contributed by atoms with Crippen LogP contribution in [0, 0.1) is 13.8 Å². The number of aromatic nitrogens is 4. The van der Waals surface area contributed by atoms with E-state index in [0.29, 0.717) is 0 Å². The molecule has 0 fully saturated rings. The molecule has 2 N–H and O–H groups in total. The van der Waals surface area contributed by atoms with Crippen LogP contribution in [-0.4, -0.2) is 19.1 Å². The van der Waals surface area contributed by atoms with Gasteiger partial charge in [0.15, 0.2) is 0 Å². The first-order valence-corrected chi connectivity index (χ1v) is 17.6. The molecular weight excluding hydrogens is 585 g/mol. The molecule has 4 aromatic carbocycles.